The Morgan fingerprint density at radius 3 is 2.56 bits per heavy atom. The molecule has 3 rings (SSSR count). The average molecular weight is 385 g/mol. The van der Waals surface area contributed by atoms with E-state index in [4.69, 9.17) is 20.9 Å². The number of nitrogens with zero attached hydrogens (tertiary/aromatic N) is 1. The van der Waals surface area contributed by atoms with E-state index < -0.39 is 18.5 Å². The molecule has 0 saturated carbocycles. The maximum Gasteiger partial charge on any atom is 0.344 e. The SMILES string of the molecule is Cc1onc(-c2ccccc2)c1C(=O)OCC(=O)NCc1ccccc1Cl. The monoisotopic (exact) mass is 384 g/mol. The van der Waals surface area contributed by atoms with Gasteiger partial charge in [-0.15, -0.1) is 0 Å². The number of esters is 1. The molecule has 7 heteroatoms. The van der Waals surface area contributed by atoms with Crippen LogP contribution in [0.4, 0.5) is 0 Å². The molecule has 1 amide bonds. The number of hydrogen-bond acceptors (Lipinski definition) is 5. The number of ether oxygens (including phenoxy) is 1. The van der Waals surface area contributed by atoms with Crippen molar-refractivity contribution in [2.75, 3.05) is 6.61 Å². The average Bonchev–Trinajstić information content (AvgIpc) is 3.07. The predicted octanol–water partition coefficient (Wildman–Crippen LogP) is 3.78. The second-order valence-electron chi connectivity index (χ2n) is 5.77. The Labute approximate surface area is 161 Å². The van der Waals surface area contributed by atoms with Crippen molar-refractivity contribution < 1.29 is 18.8 Å². The van der Waals surface area contributed by atoms with E-state index in [1.165, 1.54) is 0 Å². The van der Waals surface area contributed by atoms with Crippen LogP contribution in [-0.2, 0) is 16.1 Å². The lowest BCUT2D eigenvalue weighted by atomic mass is 10.1. The van der Waals surface area contributed by atoms with E-state index >= 15 is 0 Å². The second-order valence-corrected chi connectivity index (χ2v) is 6.18. The molecule has 3 aromatic rings. The predicted molar refractivity (Wildman–Crippen MR) is 100 cm³/mol. The minimum atomic E-state index is -0.666. The van der Waals surface area contributed by atoms with Crippen LogP contribution in [0, 0.1) is 6.92 Å². The third kappa shape index (κ3) is 4.54. The Morgan fingerprint density at radius 2 is 1.81 bits per heavy atom. The fourth-order valence-corrected chi connectivity index (χ4v) is 2.70. The standard InChI is InChI=1S/C20H17ClN2O4/c1-13-18(19(23-27-13)14-7-3-2-4-8-14)20(25)26-12-17(24)22-11-15-9-5-6-10-16(15)21/h2-10H,11-12H2,1H3,(H,22,24). The maximum atomic E-state index is 12.4. The molecular weight excluding hydrogens is 368 g/mol. The second kappa shape index (κ2) is 8.51. The van der Waals surface area contributed by atoms with Crippen molar-refractivity contribution in [3.8, 4) is 11.3 Å². The third-order valence-corrected chi connectivity index (χ3v) is 4.25. The van der Waals surface area contributed by atoms with E-state index in [1.54, 1.807) is 25.1 Å². The molecule has 2 aromatic carbocycles. The van der Waals surface area contributed by atoms with Gasteiger partial charge in [-0.25, -0.2) is 4.79 Å². The molecule has 6 nitrogen and oxygen atoms in total. The van der Waals surface area contributed by atoms with Crippen molar-refractivity contribution in [1.29, 1.82) is 0 Å². The normalized spacial score (nSPS) is 10.4. The molecule has 0 fully saturated rings. The third-order valence-electron chi connectivity index (χ3n) is 3.88. The summed E-state index contributed by atoms with van der Waals surface area (Å²) in [5, 5.41) is 7.15. The van der Waals surface area contributed by atoms with Crippen LogP contribution in [0.15, 0.2) is 59.1 Å². The molecule has 0 saturated heterocycles. The van der Waals surface area contributed by atoms with E-state index in [1.807, 2.05) is 36.4 Å². The quantitative estimate of drug-likeness (QED) is 0.654. The van der Waals surface area contributed by atoms with Gasteiger partial charge in [-0.2, -0.15) is 0 Å². The largest absolute Gasteiger partial charge is 0.452 e. The van der Waals surface area contributed by atoms with Gasteiger partial charge in [0.1, 0.15) is 17.0 Å². The van der Waals surface area contributed by atoms with Crippen molar-refractivity contribution in [2.24, 2.45) is 0 Å². The molecule has 138 valence electrons. The van der Waals surface area contributed by atoms with E-state index in [-0.39, 0.29) is 12.1 Å². The first-order valence-corrected chi connectivity index (χ1v) is 8.63. The molecule has 27 heavy (non-hydrogen) atoms. The first-order valence-electron chi connectivity index (χ1n) is 8.25. The van der Waals surface area contributed by atoms with Crippen LogP contribution >= 0.6 is 11.6 Å². The molecule has 0 unspecified atom stereocenters. The lowest BCUT2D eigenvalue weighted by molar-refractivity contribution is -0.124. The van der Waals surface area contributed by atoms with Gasteiger partial charge in [0.25, 0.3) is 5.91 Å². The molecule has 0 aliphatic rings. The van der Waals surface area contributed by atoms with Gasteiger partial charge < -0.3 is 14.6 Å². The number of carbonyl (C=O) groups excluding carboxylic acids is 2. The highest BCUT2D eigenvalue weighted by atomic mass is 35.5. The summed E-state index contributed by atoms with van der Waals surface area (Å²) < 4.78 is 10.3. The zero-order valence-corrected chi connectivity index (χ0v) is 15.3. The molecule has 1 heterocycles. The minimum Gasteiger partial charge on any atom is -0.452 e. The first-order chi connectivity index (χ1) is 13.1. The van der Waals surface area contributed by atoms with Gasteiger partial charge in [-0.3, -0.25) is 4.79 Å². The van der Waals surface area contributed by atoms with Crippen molar-refractivity contribution in [3.63, 3.8) is 0 Å². The van der Waals surface area contributed by atoms with Gasteiger partial charge in [-0.1, -0.05) is 65.3 Å². The summed E-state index contributed by atoms with van der Waals surface area (Å²) in [6.07, 6.45) is 0. The topological polar surface area (TPSA) is 81.4 Å². The van der Waals surface area contributed by atoms with Gasteiger partial charge in [-0.05, 0) is 18.6 Å². The molecule has 1 aromatic heterocycles. The van der Waals surface area contributed by atoms with Gasteiger partial charge in [0.2, 0.25) is 0 Å². The fraction of sp³-hybridized carbons (Fsp3) is 0.150. The Balaban J connectivity index is 1.61. The highest BCUT2D eigenvalue weighted by molar-refractivity contribution is 6.31. The van der Waals surface area contributed by atoms with Crippen molar-refractivity contribution in [3.05, 3.63) is 76.5 Å². The molecule has 0 spiro atoms. The van der Waals surface area contributed by atoms with E-state index in [2.05, 4.69) is 10.5 Å². The molecule has 0 bridgehead atoms. The number of rotatable bonds is 6. The lowest BCUT2D eigenvalue weighted by Crippen LogP contribution is -2.28. The van der Waals surface area contributed by atoms with E-state index in [0.717, 1.165) is 11.1 Å². The first kappa shape index (κ1) is 18.7. The van der Waals surface area contributed by atoms with Crippen LogP contribution < -0.4 is 5.32 Å². The van der Waals surface area contributed by atoms with Crippen LogP contribution in [0.2, 0.25) is 5.02 Å². The van der Waals surface area contributed by atoms with Gasteiger partial charge >= 0.3 is 5.97 Å². The zero-order chi connectivity index (χ0) is 19.2. The van der Waals surface area contributed by atoms with Crippen LogP contribution in [0.1, 0.15) is 21.7 Å². The van der Waals surface area contributed by atoms with Crippen LogP contribution in [0.5, 0.6) is 0 Å². The number of hydrogen-bond donors (Lipinski definition) is 1. The lowest BCUT2D eigenvalue weighted by Gasteiger charge is -2.08. The molecule has 0 atom stereocenters. The molecule has 1 N–H and O–H groups in total. The summed E-state index contributed by atoms with van der Waals surface area (Å²) in [6, 6.07) is 16.3. The molecule has 0 radical (unpaired) electrons. The highest BCUT2D eigenvalue weighted by Gasteiger charge is 2.23. The summed E-state index contributed by atoms with van der Waals surface area (Å²) >= 11 is 6.04. The summed E-state index contributed by atoms with van der Waals surface area (Å²) in [4.78, 5) is 24.4. The summed E-state index contributed by atoms with van der Waals surface area (Å²) in [5.41, 5.74) is 2.10. The summed E-state index contributed by atoms with van der Waals surface area (Å²) in [5.74, 6) is -0.769. The number of amides is 1. The van der Waals surface area contributed by atoms with Crippen LogP contribution in [-0.4, -0.2) is 23.6 Å². The van der Waals surface area contributed by atoms with Gasteiger partial charge in [0, 0.05) is 17.1 Å². The van der Waals surface area contributed by atoms with Crippen molar-refractivity contribution in [2.45, 2.75) is 13.5 Å². The number of halogens is 1. The molecular formula is C20H17ClN2O4. The number of carbonyl (C=O) groups is 2. The summed E-state index contributed by atoms with van der Waals surface area (Å²) in [6.45, 7) is 1.45. The van der Waals surface area contributed by atoms with E-state index in [0.29, 0.717) is 16.5 Å². The fourth-order valence-electron chi connectivity index (χ4n) is 2.50. The smallest absolute Gasteiger partial charge is 0.344 e. The Morgan fingerprint density at radius 1 is 1.11 bits per heavy atom. The Bertz CT molecular complexity index is 954. The van der Waals surface area contributed by atoms with Crippen molar-refractivity contribution >= 4 is 23.5 Å². The molecule has 0 aliphatic heterocycles. The Hall–Kier alpha value is -3.12. The minimum absolute atomic E-state index is 0.208. The summed E-state index contributed by atoms with van der Waals surface area (Å²) in [7, 11) is 0. The zero-order valence-electron chi connectivity index (χ0n) is 14.6. The highest BCUT2D eigenvalue weighted by Crippen LogP contribution is 2.25. The maximum absolute atomic E-state index is 12.4. The Kier molecular flexibility index (Phi) is 5.88. The van der Waals surface area contributed by atoms with Gasteiger partial charge in [0.15, 0.2) is 6.61 Å². The van der Waals surface area contributed by atoms with E-state index in [9.17, 15) is 9.59 Å². The van der Waals surface area contributed by atoms with Gasteiger partial charge in [0.05, 0.1) is 0 Å². The van der Waals surface area contributed by atoms with Crippen molar-refractivity contribution in [1.82, 2.24) is 10.5 Å². The number of nitrogens with one attached hydrogen (secondary N) is 1. The molecule has 0 aliphatic carbocycles. The number of benzene rings is 2. The number of aromatic nitrogens is 1. The van der Waals surface area contributed by atoms with Crippen LogP contribution in [0.3, 0.4) is 0 Å². The number of aryl methyl sites for hydroxylation is 1. The van der Waals surface area contributed by atoms with Crippen LogP contribution in [0.25, 0.3) is 11.3 Å².